The van der Waals surface area contributed by atoms with Crippen molar-refractivity contribution in [3.8, 4) is 0 Å². The van der Waals surface area contributed by atoms with Crippen molar-refractivity contribution in [2.75, 3.05) is 13.2 Å². The predicted octanol–water partition coefficient (Wildman–Crippen LogP) is 2.91. The first-order valence-corrected chi connectivity index (χ1v) is 7.20. The molecule has 0 heterocycles. The number of benzene rings is 1. The van der Waals surface area contributed by atoms with Crippen LogP contribution in [-0.4, -0.2) is 24.2 Å². The van der Waals surface area contributed by atoms with Crippen molar-refractivity contribution in [2.24, 2.45) is 0 Å². The SMILES string of the molecule is O=C(NCCCO)C1(c2ccc(Cl)c(Cl)c2)CCC1. The standard InChI is InChI=1S/C14H17Cl2NO2/c15-11-4-3-10(9-12(11)16)14(5-1-6-14)13(19)17-7-2-8-18/h3-4,9,18H,1-2,5-8H2,(H,17,19). The monoisotopic (exact) mass is 301 g/mol. The molecule has 0 atom stereocenters. The molecule has 1 amide bonds. The molecule has 0 saturated heterocycles. The zero-order valence-corrected chi connectivity index (χ0v) is 12.1. The Morgan fingerprint density at radius 1 is 1.32 bits per heavy atom. The quantitative estimate of drug-likeness (QED) is 0.822. The van der Waals surface area contributed by atoms with Gasteiger partial charge in [0.25, 0.3) is 0 Å². The third kappa shape index (κ3) is 2.88. The topological polar surface area (TPSA) is 49.3 Å². The molecule has 5 heteroatoms. The van der Waals surface area contributed by atoms with Crippen molar-refractivity contribution in [1.29, 1.82) is 0 Å². The second-order valence-electron chi connectivity index (χ2n) is 4.90. The maximum absolute atomic E-state index is 12.3. The van der Waals surface area contributed by atoms with Crippen LogP contribution in [0.1, 0.15) is 31.2 Å². The van der Waals surface area contributed by atoms with E-state index >= 15 is 0 Å². The lowest BCUT2D eigenvalue weighted by Crippen LogP contribution is -2.49. The predicted molar refractivity (Wildman–Crippen MR) is 76.7 cm³/mol. The summed E-state index contributed by atoms with van der Waals surface area (Å²) in [6, 6.07) is 5.40. The Morgan fingerprint density at radius 3 is 2.58 bits per heavy atom. The largest absolute Gasteiger partial charge is 0.396 e. The first-order chi connectivity index (χ1) is 9.10. The zero-order chi connectivity index (χ0) is 13.9. The third-order valence-electron chi connectivity index (χ3n) is 3.73. The van der Waals surface area contributed by atoms with Crippen LogP contribution in [0, 0.1) is 0 Å². The van der Waals surface area contributed by atoms with Crippen LogP contribution in [0.2, 0.25) is 10.0 Å². The molecule has 2 rings (SSSR count). The smallest absolute Gasteiger partial charge is 0.230 e. The van der Waals surface area contributed by atoms with Gasteiger partial charge >= 0.3 is 0 Å². The molecule has 3 nitrogen and oxygen atoms in total. The van der Waals surface area contributed by atoms with E-state index in [-0.39, 0.29) is 12.5 Å². The van der Waals surface area contributed by atoms with Crippen LogP contribution in [-0.2, 0) is 10.2 Å². The van der Waals surface area contributed by atoms with Crippen molar-refractivity contribution in [1.82, 2.24) is 5.32 Å². The molecule has 0 bridgehead atoms. The summed E-state index contributed by atoms with van der Waals surface area (Å²) in [6.45, 7) is 0.582. The molecule has 2 N–H and O–H groups in total. The fraction of sp³-hybridized carbons (Fsp3) is 0.500. The van der Waals surface area contributed by atoms with Crippen molar-refractivity contribution in [2.45, 2.75) is 31.1 Å². The van der Waals surface area contributed by atoms with Gasteiger partial charge in [0, 0.05) is 13.2 Å². The van der Waals surface area contributed by atoms with Gasteiger partial charge in [-0.1, -0.05) is 35.7 Å². The van der Waals surface area contributed by atoms with Crippen LogP contribution in [0.4, 0.5) is 0 Å². The maximum Gasteiger partial charge on any atom is 0.230 e. The Bertz CT molecular complexity index is 473. The van der Waals surface area contributed by atoms with Gasteiger partial charge in [0.15, 0.2) is 0 Å². The fourth-order valence-corrected chi connectivity index (χ4v) is 2.72. The van der Waals surface area contributed by atoms with E-state index in [1.54, 1.807) is 12.1 Å². The van der Waals surface area contributed by atoms with Gasteiger partial charge in [-0.15, -0.1) is 0 Å². The molecule has 19 heavy (non-hydrogen) atoms. The number of carbonyl (C=O) groups excluding carboxylic acids is 1. The van der Waals surface area contributed by atoms with Crippen LogP contribution in [0.3, 0.4) is 0 Å². The van der Waals surface area contributed by atoms with Gasteiger partial charge in [0.2, 0.25) is 5.91 Å². The van der Waals surface area contributed by atoms with E-state index in [9.17, 15) is 4.79 Å². The molecule has 0 unspecified atom stereocenters. The van der Waals surface area contributed by atoms with Crippen molar-refractivity contribution in [3.63, 3.8) is 0 Å². The Kier molecular flexibility index (Phi) is 4.71. The normalized spacial score (nSPS) is 16.8. The molecule has 0 radical (unpaired) electrons. The highest BCUT2D eigenvalue weighted by Crippen LogP contribution is 2.45. The number of aliphatic hydroxyl groups excluding tert-OH is 1. The fourth-order valence-electron chi connectivity index (χ4n) is 2.42. The molecular weight excluding hydrogens is 285 g/mol. The van der Waals surface area contributed by atoms with E-state index in [4.69, 9.17) is 28.3 Å². The van der Waals surface area contributed by atoms with Crippen molar-refractivity contribution in [3.05, 3.63) is 33.8 Å². The van der Waals surface area contributed by atoms with Gasteiger partial charge in [-0.05, 0) is 37.0 Å². The number of hydrogen-bond acceptors (Lipinski definition) is 2. The van der Waals surface area contributed by atoms with Gasteiger partial charge in [0.05, 0.1) is 15.5 Å². The first kappa shape index (κ1) is 14.6. The molecule has 1 aliphatic rings. The highest BCUT2D eigenvalue weighted by Gasteiger charge is 2.45. The molecule has 1 aromatic rings. The zero-order valence-electron chi connectivity index (χ0n) is 10.6. The van der Waals surface area contributed by atoms with Crippen molar-refractivity contribution < 1.29 is 9.90 Å². The molecular formula is C14H17Cl2NO2. The minimum Gasteiger partial charge on any atom is -0.396 e. The third-order valence-corrected chi connectivity index (χ3v) is 4.47. The second kappa shape index (κ2) is 6.12. The molecule has 0 spiro atoms. The van der Waals surface area contributed by atoms with Crippen LogP contribution < -0.4 is 5.32 Å². The average molecular weight is 302 g/mol. The lowest BCUT2D eigenvalue weighted by molar-refractivity contribution is -0.129. The lowest BCUT2D eigenvalue weighted by Gasteiger charge is -2.40. The van der Waals surface area contributed by atoms with Gasteiger partial charge in [0.1, 0.15) is 0 Å². The molecule has 1 saturated carbocycles. The summed E-state index contributed by atoms with van der Waals surface area (Å²) in [5, 5.41) is 12.6. The van der Waals surface area contributed by atoms with Crippen LogP contribution >= 0.6 is 23.2 Å². The van der Waals surface area contributed by atoms with E-state index in [1.807, 2.05) is 6.07 Å². The van der Waals surface area contributed by atoms with Crippen LogP contribution in [0.5, 0.6) is 0 Å². The first-order valence-electron chi connectivity index (χ1n) is 6.45. The number of carbonyl (C=O) groups is 1. The van der Waals surface area contributed by atoms with E-state index < -0.39 is 5.41 Å². The summed E-state index contributed by atoms with van der Waals surface area (Å²) in [5.74, 6) is 0.0191. The van der Waals surface area contributed by atoms with E-state index in [0.29, 0.717) is 23.0 Å². The number of rotatable bonds is 5. The molecule has 1 aliphatic carbocycles. The van der Waals surface area contributed by atoms with Gasteiger partial charge in [-0.25, -0.2) is 0 Å². The number of amides is 1. The highest BCUT2D eigenvalue weighted by molar-refractivity contribution is 6.42. The highest BCUT2D eigenvalue weighted by atomic mass is 35.5. The lowest BCUT2D eigenvalue weighted by atomic mass is 9.64. The minimum atomic E-state index is -0.469. The minimum absolute atomic E-state index is 0.0191. The molecule has 104 valence electrons. The van der Waals surface area contributed by atoms with E-state index in [0.717, 1.165) is 24.8 Å². The number of nitrogens with one attached hydrogen (secondary N) is 1. The summed E-state index contributed by atoms with van der Waals surface area (Å²) < 4.78 is 0. The van der Waals surface area contributed by atoms with Crippen LogP contribution in [0.25, 0.3) is 0 Å². The summed E-state index contributed by atoms with van der Waals surface area (Å²) in [5.41, 5.74) is 0.457. The van der Waals surface area contributed by atoms with Crippen molar-refractivity contribution >= 4 is 29.1 Å². The summed E-state index contributed by atoms with van der Waals surface area (Å²) in [4.78, 5) is 12.3. The van der Waals surface area contributed by atoms with E-state index in [2.05, 4.69) is 5.32 Å². The maximum atomic E-state index is 12.3. The molecule has 1 aromatic carbocycles. The molecule has 0 aliphatic heterocycles. The van der Waals surface area contributed by atoms with Gasteiger partial charge < -0.3 is 10.4 Å². The summed E-state index contributed by atoms with van der Waals surface area (Å²) in [7, 11) is 0. The summed E-state index contributed by atoms with van der Waals surface area (Å²) >= 11 is 11.9. The average Bonchev–Trinajstić information content (AvgIpc) is 2.32. The van der Waals surface area contributed by atoms with Gasteiger partial charge in [-0.2, -0.15) is 0 Å². The number of aliphatic hydroxyl groups is 1. The Balaban J connectivity index is 2.17. The Labute approximate surface area is 122 Å². The number of halogens is 2. The molecule has 0 aromatic heterocycles. The second-order valence-corrected chi connectivity index (χ2v) is 5.71. The van der Waals surface area contributed by atoms with Gasteiger partial charge in [-0.3, -0.25) is 4.79 Å². The Hall–Kier alpha value is -0.770. The summed E-state index contributed by atoms with van der Waals surface area (Å²) in [6.07, 6.45) is 3.27. The van der Waals surface area contributed by atoms with E-state index in [1.165, 1.54) is 0 Å². The van der Waals surface area contributed by atoms with Crippen LogP contribution in [0.15, 0.2) is 18.2 Å². The molecule has 1 fully saturated rings. The Morgan fingerprint density at radius 2 is 2.05 bits per heavy atom. The number of hydrogen-bond donors (Lipinski definition) is 2.